The van der Waals surface area contributed by atoms with E-state index in [4.69, 9.17) is 9.47 Å². The van der Waals surface area contributed by atoms with Crippen LogP contribution in [0.2, 0.25) is 0 Å². The maximum Gasteiger partial charge on any atom is 0.410 e. The highest BCUT2D eigenvalue weighted by Crippen LogP contribution is 2.22. The Morgan fingerprint density at radius 1 is 1.14 bits per heavy atom. The van der Waals surface area contributed by atoms with Gasteiger partial charge in [-0.25, -0.2) is 4.79 Å². The van der Waals surface area contributed by atoms with Crippen molar-refractivity contribution in [2.45, 2.75) is 39.0 Å². The number of nitrogens with one attached hydrogen (secondary N) is 1. The van der Waals surface area contributed by atoms with Gasteiger partial charge in [0, 0.05) is 19.9 Å². The van der Waals surface area contributed by atoms with Crippen LogP contribution in [0, 0.1) is 0 Å². The Labute approximate surface area is 165 Å². The highest BCUT2D eigenvalue weighted by molar-refractivity contribution is 5.73. The van der Waals surface area contributed by atoms with Crippen LogP contribution in [0.25, 0.3) is 0 Å². The number of likely N-dealkylation sites (tertiary alicyclic amines) is 1. The fourth-order valence-electron chi connectivity index (χ4n) is 3.22. The Bertz CT molecular complexity index is 792. The second-order valence-corrected chi connectivity index (χ2v) is 7.01. The van der Waals surface area contributed by atoms with Crippen LogP contribution < -0.4 is 10.1 Å². The Kier molecular flexibility index (Phi) is 6.53. The summed E-state index contributed by atoms with van der Waals surface area (Å²) >= 11 is 0. The second-order valence-electron chi connectivity index (χ2n) is 7.01. The largest absolute Gasteiger partial charge is 0.489 e. The van der Waals surface area contributed by atoms with Crippen molar-refractivity contribution in [3.05, 3.63) is 65.7 Å². The second kappa shape index (κ2) is 9.26. The number of hydrogen-bond donors (Lipinski definition) is 1. The lowest BCUT2D eigenvalue weighted by Gasteiger charge is -2.18. The summed E-state index contributed by atoms with van der Waals surface area (Å²) in [6.45, 7) is 4.85. The van der Waals surface area contributed by atoms with E-state index in [1.165, 1.54) is 6.92 Å². The molecule has 1 aliphatic rings. The van der Waals surface area contributed by atoms with Crippen molar-refractivity contribution in [1.82, 2.24) is 10.2 Å². The minimum Gasteiger partial charge on any atom is -0.489 e. The van der Waals surface area contributed by atoms with E-state index in [-0.39, 0.29) is 30.8 Å². The molecule has 2 atom stereocenters. The number of rotatable bonds is 6. The molecule has 2 aromatic rings. The van der Waals surface area contributed by atoms with E-state index in [2.05, 4.69) is 5.32 Å². The van der Waals surface area contributed by atoms with Crippen LogP contribution >= 0.6 is 0 Å². The van der Waals surface area contributed by atoms with Crippen LogP contribution in [0.3, 0.4) is 0 Å². The molecule has 1 aliphatic heterocycles. The quantitative estimate of drug-likeness (QED) is 0.828. The molecule has 1 heterocycles. The number of nitrogens with zero attached hydrogens (tertiary/aromatic N) is 1. The molecule has 0 aliphatic carbocycles. The number of benzene rings is 2. The van der Waals surface area contributed by atoms with Crippen molar-refractivity contribution in [3.8, 4) is 5.75 Å². The van der Waals surface area contributed by atoms with Crippen LogP contribution in [0.1, 0.15) is 37.4 Å². The van der Waals surface area contributed by atoms with E-state index in [9.17, 15) is 9.59 Å². The molecule has 2 aromatic carbocycles. The van der Waals surface area contributed by atoms with Gasteiger partial charge in [0.05, 0.1) is 12.6 Å². The van der Waals surface area contributed by atoms with Gasteiger partial charge in [0.1, 0.15) is 18.5 Å². The van der Waals surface area contributed by atoms with Crippen LogP contribution in [-0.2, 0) is 16.1 Å². The van der Waals surface area contributed by atoms with E-state index in [1.807, 2.05) is 61.5 Å². The van der Waals surface area contributed by atoms with Crippen molar-refractivity contribution >= 4 is 12.0 Å². The molecule has 0 unspecified atom stereocenters. The number of carbonyl (C=O) groups is 2. The first-order valence-electron chi connectivity index (χ1n) is 9.50. The lowest BCUT2D eigenvalue weighted by atomic mass is 10.1. The minimum absolute atomic E-state index is 0.0482. The van der Waals surface area contributed by atoms with Crippen molar-refractivity contribution in [3.63, 3.8) is 0 Å². The minimum atomic E-state index is -0.311. The normalized spacial score (nSPS) is 17.1. The zero-order valence-corrected chi connectivity index (χ0v) is 16.3. The van der Waals surface area contributed by atoms with Gasteiger partial charge in [0.15, 0.2) is 0 Å². The number of hydrogen-bond acceptors (Lipinski definition) is 4. The summed E-state index contributed by atoms with van der Waals surface area (Å²) in [6, 6.07) is 17.3. The Morgan fingerprint density at radius 2 is 1.86 bits per heavy atom. The summed E-state index contributed by atoms with van der Waals surface area (Å²) in [5.41, 5.74) is 1.98. The van der Waals surface area contributed by atoms with Crippen LogP contribution in [-0.4, -0.2) is 36.1 Å². The molecule has 0 saturated carbocycles. The molecule has 0 radical (unpaired) electrons. The average molecular weight is 382 g/mol. The van der Waals surface area contributed by atoms with Gasteiger partial charge < -0.3 is 19.7 Å². The fourth-order valence-corrected chi connectivity index (χ4v) is 3.22. The van der Waals surface area contributed by atoms with E-state index in [0.717, 1.165) is 23.3 Å². The third-order valence-corrected chi connectivity index (χ3v) is 4.71. The highest BCUT2D eigenvalue weighted by Gasteiger charge is 2.28. The van der Waals surface area contributed by atoms with E-state index in [0.29, 0.717) is 13.1 Å². The van der Waals surface area contributed by atoms with Gasteiger partial charge in [-0.15, -0.1) is 0 Å². The van der Waals surface area contributed by atoms with Crippen molar-refractivity contribution in [2.24, 2.45) is 0 Å². The number of carbonyl (C=O) groups excluding carboxylic acids is 2. The topological polar surface area (TPSA) is 67.9 Å². The molecule has 28 heavy (non-hydrogen) atoms. The summed E-state index contributed by atoms with van der Waals surface area (Å²) in [5, 5.41) is 2.86. The number of amides is 2. The molecule has 0 bridgehead atoms. The molecule has 3 rings (SSSR count). The van der Waals surface area contributed by atoms with E-state index >= 15 is 0 Å². The Morgan fingerprint density at radius 3 is 2.54 bits per heavy atom. The Balaban J connectivity index is 1.46. The molecular formula is C22H26N2O4. The molecule has 148 valence electrons. The first-order valence-corrected chi connectivity index (χ1v) is 9.50. The lowest BCUT2D eigenvalue weighted by molar-refractivity contribution is -0.119. The number of ether oxygens (including phenoxy) is 2. The first-order chi connectivity index (χ1) is 13.5. The maximum atomic E-state index is 12.2. The molecule has 6 nitrogen and oxygen atoms in total. The zero-order chi connectivity index (χ0) is 19.9. The molecule has 1 saturated heterocycles. The Hall–Kier alpha value is -3.02. The summed E-state index contributed by atoms with van der Waals surface area (Å²) in [7, 11) is 0. The van der Waals surface area contributed by atoms with Gasteiger partial charge in [-0.05, 0) is 30.2 Å². The van der Waals surface area contributed by atoms with Crippen molar-refractivity contribution < 1.29 is 19.1 Å². The SMILES string of the molecule is CC(=O)N[C@@H](C)c1ccc(O[C@@H]2CCN(C(=O)OCc3ccccc3)C2)cc1. The van der Waals surface area contributed by atoms with Crippen LogP contribution in [0.15, 0.2) is 54.6 Å². The van der Waals surface area contributed by atoms with Gasteiger partial charge in [0.2, 0.25) is 5.91 Å². The van der Waals surface area contributed by atoms with Gasteiger partial charge in [-0.1, -0.05) is 42.5 Å². The molecule has 6 heteroatoms. The third kappa shape index (κ3) is 5.49. The van der Waals surface area contributed by atoms with E-state index < -0.39 is 0 Å². The van der Waals surface area contributed by atoms with Gasteiger partial charge in [-0.2, -0.15) is 0 Å². The predicted molar refractivity (Wildman–Crippen MR) is 106 cm³/mol. The lowest BCUT2D eigenvalue weighted by Crippen LogP contribution is -2.31. The smallest absolute Gasteiger partial charge is 0.410 e. The van der Waals surface area contributed by atoms with Crippen LogP contribution in [0.5, 0.6) is 5.75 Å². The molecule has 1 fully saturated rings. The summed E-state index contributed by atoms with van der Waals surface area (Å²) in [6.07, 6.45) is 0.405. The highest BCUT2D eigenvalue weighted by atomic mass is 16.6. The molecule has 1 N–H and O–H groups in total. The molecule has 0 spiro atoms. The van der Waals surface area contributed by atoms with Gasteiger partial charge in [-0.3, -0.25) is 4.79 Å². The molecular weight excluding hydrogens is 356 g/mol. The van der Waals surface area contributed by atoms with Crippen molar-refractivity contribution in [1.29, 1.82) is 0 Å². The van der Waals surface area contributed by atoms with Crippen molar-refractivity contribution in [2.75, 3.05) is 13.1 Å². The first kappa shape index (κ1) is 19.7. The predicted octanol–water partition coefficient (Wildman–Crippen LogP) is 3.67. The standard InChI is InChI=1S/C22H26N2O4/c1-16(23-17(2)25)19-8-10-20(11-9-19)28-21-12-13-24(14-21)22(26)27-15-18-6-4-3-5-7-18/h3-11,16,21H,12-15H2,1-2H3,(H,23,25)/t16-,21+/m0/s1. The molecule has 0 aromatic heterocycles. The molecule has 2 amide bonds. The van der Waals surface area contributed by atoms with Gasteiger partial charge >= 0.3 is 6.09 Å². The maximum absolute atomic E-state index is 12.2. The fraction of sp³-hybridized carbons (Fsp3) is 0.364. The van der Waals surface area contributed by atoms with Gasteiger partial charge in [0.25, 0.3) is 0 Å². The van der Waals surface area contributed by atoms with E-state index in [1.54, 1.807) is 4.90 Å². The van der Waals surface area contributed by atoms with Crippen LogP contribution in [0.4, 0.5) is 4.79 Å². The monoisotopic (exact) mass is 382 g/mol. The summed E-state index contributed by atoms with van der Waals surface area (Å²) in [5.74, 6) is 0.696. The average Bonchev–Trinajstić information content (AvgIpc) is 3.15. The summed E-state index contributed by atoms with van der Waals surface area (Å²) < 4.78 is 11.4. The third-order valence-electron chi connectivity index (χ3n) is 4.71. The zero-order valence-electron chi connectivity index (χ0n) is 16.3. The summed E-state index contributed by atoms with van der Waals surface area (Å²) in [4.78, 5) is 25.1.